The molecule has 2 aromatic rings. The lowest BCUT2D eigenvalue weighted by atomic mass is 10.0. The number of nitro benzene ring substituents is 1. The first kappa shape index (κ1) is 14.6. The number of nitrogens with two attached hydrogens (primary N) is 1. The summed E-state index contributed by atoms with van der Waals surface area (Å²) in [6.07, 6.45) is 0. The van der Waals surface area contributed by atoms with Crippen molar-refractivity contribution >= 4 is 28.3 Å². The smallest absolute Gasteiger partial charge is 0.281 e. The third-order valence-electron chi connectivity index (χ3n) is 2.67. The van der Waals surface area contributed by atoms with Crippen LogP contribution in [0.2, 0.25) is 0 Å². The Bertz CT molecular complexity index is 779. The van der Waals surface area contributed by atoms with E-state index in [9.17, 15) is 18.9 Å². The average molecular weight is 307 g/mol. The highest BCUT2D eigenvalue weighted by atomic mass is 32.1. The van der Waals surface area contributed by atoms with E-state index in [2.05, 4.69) is 0 Å². The van der Waals surface area contributed by atoms with Gasteiger partial charge in [0.1, 0.15) is 6.07 Å². The van der Waals surface area contributed by atoms with Crippen LogP contribution < -0.4 is 5.73 Å². The molecule has 0 saturated carbocycles. The minimum atomic E-state index is -1.35. The van der Waals surface area contributed by atoms with Crippen LogP contribution in [0.4, 0.5) is 14.5 Å². The molecule has 0 saturated heterocycles. The summed E-state index contributed by atoms with van der Waals surface area (Å²) in [7, 11) is 0. The Balaban J connectivity index is 2.73. The molecule has 8 heteroatoms. The molecule has 0 unspecified atom stereocenters. The third-order valence-corrected chi connectivity index (χ3v) is 3.56. The number of rotatable bonds is 3. The first-order chi connectivity index (χ1) is 9.95. The monoisotopic (exact) mass is 307 g/mol. The highest BCUT2D eigenvalue weighted by molar-refractivity contribution is 7.11. The van der Waals surface area contributed by atoms with Crippen molar-refractivity contribution in [3.05, 3.63) is 61.8 Å². The summed E-state index contributed by atoms with van der Waals surface area (Å²) in [6, 6.07) is 6.16. The number of hydrogen-bond donors (Lipinski definition) is 1. The lowest BCUT2D eigenvalue weighted by molar-refractivity contribution is -0.385. The SMILES string of the molecule is N#C/C(=C(/N)c1cc(F)c(F)cc1[N+](=O)[O-])c1cccs1. The lowest BCUT2D eigenvalue weighted by Gasteiger charge is -2.06. The second-order valence-electron chi connectivity index (χ2n) is 3.92. The fourth-order valence-electron chi connectivity index (χ4n) is 1.71. The van der Waals surface area contributed by atoms with Gasteiger partial charge in [-0.3, -0.25) is 10.1 Å². The quantitative estimate of drug-likeness (QED) is 0.535. The van der Waals surface area contributed by atoms with Crippen molar-refractivity contribution in [3.8, 4) is 6.07 Å². The van der Waals surface area contributed by atoms with Crippen molar-refractivity contribution in [1.82, 2.24) is 0 Å². The zero-order valence-corrected chi connectivity index (χ0v) is 11.2. The van der Waals surface area contributed by atoms with E-state index in [1.165, 1.54) is 11.3 Å². The van der Waals surface area contributed by atoms with Gasteiger partial charge >= 0.3 is 0 Å². The topological polar surface area (TPSA) is 93.0 Å². The van der Waals surface area contributed by atoms with E-state index in [-0.39, 0.29) is 16.8 Å². The Kier molecular flexibility index (Phi) is 3.95. The Labute approximate surface area is 121 Å². The molecule has 0 atom stereocenters. The number of allylic oxidation sites excluding steroid dienone is 1. The second kappa shape index (κ2) is 5.68. The fourth-order valence-corrected chi connectivity index (χ4v) is 2.44. The van der Waals surface area contributed by atoms with Gasteiger partial charge in [-0.1, -0.05) is 6.07 Å². The summed E-state index contributed by atoms with van der Waals surface area (Å²) in [6.45, 7) is 0. The van der Waals surface area contributed by atoms with Crippen molar-refractivity contribution < 1.29 is 13.7 Å². The molecule has 5 nitrogen and oxygen atoms in total. The van der Waals surface area contributed by atoms with Gasteiger partial charge in [-0.2, -0.15) is 5.26 Å². The van der Waals surface area contributed by atoms with E-state index >= 15 is 0 Å². The van der Waals surface area contributed by atoms with Crippen molar-refractivity contribution in [2.45, 2.75) is 0 Å². The van der Waals surface area contributed by atoms with Crippen LogP contribution in [-0.2, 0) is 0 Å². The van der Waals surface area contributed by atoms with Crippen LogP contribution in [0.25, 0.3) is 11.3 Å². The van der Waals surface area contributed by atoms with E-state index in [1.807, 2.05) is 6.07 Å². The summed E-state index contributed by atoms with van der Waals surface area (Å²) in [5.74, 6) is -2.63. The first-order valence-corrected chi connectivity index (χ1v) is 6.41. The predicted octanol–water partition coefficient (Wildman–Crippen LogP) is 3.29. The number of benzene rings is 1. The van der Waals surface area contributed by atoms with Crippen LogP contribution in [-0.4, -0.2) is 4.92 Å². The summed E-state index contributed by atoms with van der Waals surface area (Å²) >= 11 is 1.20. The van der Waals surface area contributed by atoms with Crippen LogP contribution in [0.15, 0.2) is 29.6 Å². The molecular formula is C13H7F2N3O2S. The molecule has 1 aromatic carbocycles. The van der Waals surface area contributed by atoms with Crippen molar-refractivity contribution in [2.24, 2.45) is 5.73 Å². The molecule has 1 heterocycles. The second-order valence-corrected chi connectivity index (χ2v) is 4.87. The molecule has 0 amide bonds. The highest BCUT2D eigenvalue weighted by Gasteiger charge is 2.23. The zero-order valence-electron chi connectivity index (χ0n) is 10.3. The number of halogens is 2. The summed E-state index contributed by atoms with van der Waals surface area (Å²) in [5.41, 5.74) is 4.44. The van der Waals surface area contributed by atoms with Crippen LogP contribution in [0.3, 0.4) is 0 Å². The van der Waals surface area contributed by atoms with Gasteiger partial charge in [-0.25, -0.2) is 8.78 Å². The molecule has 2 N–H and O–H groups in total. The van der Waals surface area contributed by atoms with Gasteiger partial charge in [0, 0.05) is 4.88 Å². The predicted molar refractivity (Wildman–Crippen MR) is 73.9 cm³/mol. The number of thiophene rings is 1. The molecule has 106 valence electrons. The van der Waals surface area contributed by atoms with Gasteiger partial charge in [0.05, 0.1) is 27.8 Å². The molecule has 0 fully saturated rings. The average Bonchev–Trinajstić information content (AvgIpc) is 2.95. The molecule has 0 aliphatic carbocycles. The van der Waals surface area contributed by atoms with Crippen LogP contribution >= 0.6 is 11.3 Å². The van der Waals surface area contributed by atoms with Crippen LogP contribution in [0.5, 0.6) is 0 Å². The Morgan fingerprint density at radius 3 is 2.57 bits per heavy atom. The van der Waals surface area contributed by atoms with Gasteiger partial charge in [0.25, 0.3) is 5.69 Å². The van der Waals surface area contributed by atoms with Gasteiger partial charge < -0.3 is 5.73 Å². The highest BCUT2D eigenvalue weighted by Crippen LogP contribution is 2.31. The van der Waals surface area contributed by atoms with E-state index < -0.39 is 22.2 Å². The normalized spacial score (nSPS) is 11.7. The maximum Gasteiger partial charge on any atom is 0.281 e. The minimum Gasteiger partial charge on any atom is -0.397 e. The first-order valence-electron chi connectivity index (χ1n) is 5.53. The maximum atomic E-state index is 13.3. The summed E-state index contributed by atoms with van der Waals surface area (Å²) in [5, 5.41) is 21.8. The van der Waals surface area contributed by atoms with Crippen LogP contribution in [0.1, 0.15) is 10.4 Å². The molecule has 0 radical (unpaired) electrons. The molecule has 0 spiro atoms. The largest absolute Gasteiger partial charge is 0.397 e. The number of nitriles is 1. The van der Waals surface area contributed by atoms with Gasteiger partial charge in [0.15, 0.2) is 11.6 Å². The van der Waals surface area contributed by atoms with Gasteiger partial charge in [-0.15, -0.1) is 11.3 Å². The van der Waals surface area contributed by atoms with Crippen molar-refractivity contribution in [3.63, 3.8) is 0 Å². The summed E-state index contributed by atoms with van der Waals surface area (Å²) < 4.78 is 26.5. The van der Waals surface area contributed by atoms with Gasteiger partial charge in [-0.05, 0) is 17.5 Å². The molecule has 21 heavy (non-hydrogen) atoms. The Hall–Kier alpha value is -2.79. The van der Waals surface area contributed by atoms with E-state index in [0.717, 1.165) is 0 Å². The van der Waals surface area contributed by atoms with Crippen molar-refractivity contribution in [1.29, 1.82) is 5.26 Å². The Morgan fingerprint density at radius 1 is 1.38 bits per heavy atom. The number of nitro groups is 1. The molecule has 1 aromatic heterocycles. The van der Waals surface area contributed by atoms with Crippen LogP contribution in [0, 0.1) is 33.1 Å². The van der Waals surface area contributed by atoms with Crippen molar-refractivity contribution in [2.75, 3.05) is 0 Å². The summed E-state index contributed by atoms with van der Waals surface area (Å²) in [4.78, 5) is 10.5. The standard InChI is InChI=1S/C13H7F2N3O2S/c14-9-4-7(11(18(19)20)5-10(9)15)13(17)8(6-16)12-2-1-3-21-12/h1-5H,17H2/b13-8-. The molecular weight excluding hydrogens is 300 g/mol. The molecule has 0 aliphatic heterocycles. The van der Waals surface area contributed by atoms with E-state index in [4.69, 9.17) is 11.0 Å². The van der Waals surface area contributed by atoms with Gasteiger partial charge in [0.2, 0.25) is 0 Å². The molecule has 0 bridgehead atoms. The molecule has 0 aliphatic rings. The maximum absolute atomic E-state index is 13.3. The zero-order chi connectivity index (χ0) is 15.6. The number of hydrogen-bond acceptors (Lipinski definition) is 5. The van der Waals surface area contributed by atoms with E-state index in [0.29, 0.717) is 17.0 Å². The fraction of sp³-hybridized carbons (Fsp3) is 0. The van der Waals surface area contributed by atoms with E-state index in [1.54, 1.807) is 17.5 Å². The lowest BCUT2D eigenvalue weighted by Crippen LogP contribution is -2.05. The number of nitrogens with zero attached hydrogens (tertiary/aromatic N) is 2. The minimum absolute atomic E-state index is 0.0286. The Morgan fingerprint density at radius 2 is 2.05 bits per heavy atom. The molecule has 2 rings (SSSR count). The third kappa shape index (κ3) is 2.73.